The Balaban J connectivity index is 2.66. The van der Waals surface area contributed by atoms with Crippen molar-refractivity contribution >= 4 is 5.91 Å². The molecule has 0 aliphatic rings. The molecular weight excluding hydrogens is 154 g/mol. The Labute approximate surface area is 71.0 Å². The molecule has 0 saturated heterocycles. The summed E-state index contributed by atoms with van der Waals surface area (Å²) in [4.78, 5) is 11.2. The lowest BCUT2D eigenvalue weighted by Crippen LogP contribution is -2.31. The molecule has 1 radical (unpaired) electrons. The van der Waals surface area contributed by atoms with E-state index in [0.29, 0.717) is 5.56 Å². The number of aliphatic hydroxyl groups is 1. The first-order valence-corrected chi connectivity index (χ1v) is 3.66. The second kappa shape index (κ2) is 3.88. The number of carbonyl (C=O) groups is 1. The number of nitrogens with one attached hydrogen (secondary N) is 1. The van der Waals surface area contributed by atoms with E-state index in [2.05, 4.69) is 11.4 Å². The van der Waals surface area contributed by atoms with Crippen LogP contribution in [0.1, 0.15) is 17.3 Å². The van der Waals surface area contributed by atoms with Crippen molar-refractivity contribution in [3.05, 3.63) is 35.9 Å². The Kier molecular flexibility index (Phi) is 2.82. The Morgan fingerprint density at radius 2 is 2.42 bits per heavy atom. The summed E-state index contributed by atoms with van der Waals surface area (Å²) in [5.74, 6) is -0.314. The zero-order valence-corrected chi connectivity index (χ0v) is 6.74. The van der Waals surface area contributed by atoms with Gasteiger partial charge in [0.05, 0.1) is 0 Å². The third-order valence-electron chi connectivity index (χ3n) is 1.29. The number of amides is 1. The molecule has 0 bridgehead atoms. The van der Waals surface area contributed by atoms with Crippen molar-refractivity contribution in [2.45, 2.75) is 13.2 Å². The number of rotatable bonds is 2. The van der Waals surface area contributed by atoms with E-state index in [1.807, 2.05) is 0 Å². The molecule has 0 fully saturated rings. The second-order valence-electron chi connectivity index (χ2n) is 2.43. The lowest BCUT2D eigenvalue weighted by molar-refractivity contribution is 0.0818. The molecule has 0 spiro atoms. The van der Waals surface area contributed by atoms with Crippen molar-refractivity contribution in [3.63, 3.8) is 0 Å². The monoisotopic (exact) mass is 164 g/mol. The fraction of sp³-hybridized carbons (Fsp3) is 0.222. The smallest absolute Gasteiger partial charge is 0.253 e. The van der Waals surface area contributed by atoms with Gasteiger partial charge in [0, 0.05) is 5.56 Å². The largest absolute Gasteiger partial charge is 0.374 e. The summed E-state index contributed by atoms with van der Waals surface area (Å²) in [5.41, 5.74) is 0.429. The fourth-order valence-corrected chi connectivity index (χ4v) is 0.802. The first kappa shape index (κ1) is 8.74. The molecule has 12 heavy (non-hydrogen) atoms. The Bertz CT molecular complexity index is 256. The highest BCUT2D eigenvalue weighted by Crippen LogP contribution is 1.96. The van der Waals surface area contributed by atoms with Gasteiger partial charge in [-0.15, -0.1) is 0 Å². The minimum absolute atomic E-state index is 0.314. The lowest BCUT2D eigenvalue weighted by Gasteiger charge is -2.06. The average Bonchev–Trinajstić information content (AvgIpc) is 2.05. The van der Waals surface area contributed by atoms with Crippen LogP contribution in [0.5, 0.6) is 0 Å². The SMILES string of the molecule is CC(O)NC(=O)c1[c]cccc1. The average molecular weight is 164 g/mol. The zero-order chi connectivity index (χ0) is 8.97. The molecule has 3 nitrogen and oxygen atoms in total. The second-order valence-corrected chi connectivity index (χ2v) is 2.43. The van der Waals surface area contributed by atoms with Crippen molar-refractivity contribution in [2.75, 3.05) is 0 Å². The molecule has 2 N–H and O–H groups in total. The van der Waals surface area contributed by atoms with Crippen LogP contribution in [0.3, 0.4) is 0 Å². The van der Waals surface area contributed by atoms with Crippen LogP contribution in [-0.4, -0.2) is 17.2 Å². The van der Waals surface area contributed by atoms with E-state index >= 15 is 0 Å². The Morgan fingerprint density at radius 1 is 1.67 bits per heavy atom. The van der Waals surface area contributed by atoms with Gasteiger partial charge in [-0.2, -0.15) is 0 Å². The van der Waals surface area contributed by atoms with E-state index in [1.54, 1.807) is 24.3 Å². The first-order chi connectivity index (χ1) is 5.70. The molecule has 0 heterocycles. The number of hydrogen-bond acceptors (Lipinski definition) is 2. The van der Waals surface area contributed by atoms with Crippen molar-refractivity contribution < 1.29 is 9.90 Å². The van der Waals surface area contributed by atoms with Crippen LogP contribution in [0.4, 0.5) is 0 Å². The van der Waals surface area contributed by atoms with E-state index in [-0.39, 0.29) is 5.91 Å². The van der Waals surface area contributed by atoms with Crippen LogP contribution in [0.25, 0.3) is 0 Å². The van der Waals surface area contributed by atoms with Crippen molar-refractivity contribution in [2.24, 2.45) is 0 Å². The first-order valence-electron chi connectivity index (χ1n) is 3.66. The molecule has 1 atom stereocenters. The summed E-state index contributed by atoms with van der Waals surface area (Å²) < 4.78 is 0. The molecule has 1 amide bonds. The van der Waals surface area contributed by atoms with Crippen LogP contribution >= 0.6 is 0 Å². The molecule has 63 valence electrons. The molecule has 1 rings (SSSR count). The van der Waals surface area contributed by atoms with Crippen LogP contribution < -0.4 is 5.32 Å². The molecule has 0 aliphatic heterocycles. The summed E-state index contributed by atoms with van der Waals surface area (Å²) in [6.45, 7) is 1.49. The number of hydrogen-bond donors (Lipinski definition) is 2. The molecule has 1 unspecified atom stereocenters. The molecule has 0 aromatic heterocycles. The standard InChI is InChI=1S/C9H10NO2/c1-7(11)10-9(12)8-5-3-2-4-6-8/h2-5,7,11H,1H3,(H,10,12). The van der Waals surface area contributed by atoms with E-state index in [1.165, 1.54) is 6.92 Å². The Hall–Kier alpha value is -1.35. The van der Waals surface area contributed by atoms with Crippen LogP contribution in [0.15, 0.2) is 24.3 Å². The molecule has 0 aliphatic carbocycles. The highest BCUT2D eigenvalue weighted by Gasteiger charge is 2.05. The molecule has 1 aromatic carbocycles. The van der Waals surface area contributed by atoms with E-state index in [0.717, 1.165) is 0 Å². The molecular formula is C9H10NO2. The predicted octanol–water partition coefficient (Wildman–Crippen LogP) is 0.555. The third kappa shape index (κ3) is 2.36. The maximum Gasteiger partial charge on any atom is 0.253 e. The van der Waals surface area contributed by atoms with Gasteiger partial charge in [0.15, 0.2) is 0 Å². The third-order valence-corrected chi connectivity index (χ3v) is 1.29. The summed E-state index contributed by atoms with van der Waals surface area (Å²) >= 11 is 0. The predicted molar refractivity (Wildman–Crippen MR) is 44.4 cm³/mol. The lowest BCUT2D eigenvalue weighted by atomic mass is 10.2. The number of carbonyl (C=O) groups excluding carboxylic acids is 1. The van der Waals surface area contributed by atoms with E-state index < -0.39 is 6.23 Å². The fourth-order valence-electron chi connectivity index (χ4n) is 0.802. The maximum absolute atomic E-state index is 11.2. The van der Waals surface area contributed by atoms with Gasteiger partial charge in [-0.3, -0.25) is 4.79 Å². The molecule has 0 saturated carbocycles. The van der Waals surface area contributed by atoms with E-state index in [4.69, 9.17) is 5.11 Å². The minimum atomic E-state index is -0.828. The van der Waals surface area contributed by atoms with Crippen LogP contribution in [0, 0.1) is 6.07 Å². The van der Waals surface area contributed by atoms with Crippen molar-refractivity contribution in [1.29, 1.82) is 0 Å². The zero-order valence-electron chi connectivity index (χ0n) is 6.74. The quantitative estimate of drug-likeness (QED) is 0.627. The van der Waals surface area contributed by atoms with Crippen LogP contribution in [-0.2, 0) is 0 Å². The summed E-state index contributed by atoms with van der Waals surface area (Å²) in [7, 11) is 0. The van der Waals surface area contributed by atoms with Crippen molar-refractivity contribution in [3.8, 4) is 0 Å². The normalized spacial score (nSPS) is 12.2. The van der Waals surface area contributed by atoms with Crippen LogP contribution in [0.2, 0.25) is 0 Å². The van der Waals surface area contributed by atoms with E-state index in [9.17, 15) is 4.79 Å². The summed E-state index contributed by atoms with van der Waals surface area (Å²) in [6, 6.07) is 9.56. The highest BCUT2D eigenvalue weighted by atomic mass is 16.3. The van der Waals surface area contributed by atoms with Gasteiger partial charge in [-0.05, 0) is 19.1 Å². The van der Waals surface area contributed by atoms with Gasteiger partial charge in [-0.25, -0.2) is 0 Å². The number of aliphatic hydroxyl groups excluding tert-OH is 1. The molecule has 1 aromatic rings. The van der Waals surface area contributed by atoms with Gasteiger partial charge in [0.2, 0.25) is 0 Å². The summed E-state index contributed by atoms with van der Waals surface area (Å²) in [6.07, 6.45) is -0.828. The Morgan fingerprint density at radius 3 is 2.92 bits per heavy atom. The molecule has 3 heteroatoms. The van der Waals surface area contributed by atoms with Crippen molar-refractivity contribution in [1.82, 2.24) is 5.32 Å². The highest BCUT2D eigenvalue weighted by molar-refractivity contribution is 5.93. The summed E-state index contributed by atoms with van der Waals surface area (Å²) in [5, 5.41) is 11.2. The van der Waals surface area contributed by atoms with Gasteiger partial charge in [-0.1, -0.05) is 18.2 Å². The number of benzene rings is 1. The van der Waals surface area contributed by atoms with Gasteiger partial charge in [0.1, 0.15) is 6.23 Å². The topological polar surface area (TPSA) is 49.3 Å². The minimum Gasteiger partial charge on any atom is -0.374 e. The van der Waals surface area contributed by atoms with Gasteiger partial charge in [0.25, 0.3) is 5.91 Å². The van der Waals surface area contributed by atoms with Gasteiger partial charge < -0.3 is 10.4 Å². The van der Waals surface area contributed by atoms with Gasteiger partial charge >= 0.3 is 0 Å². The maximum atomic E-state index is 11.2.